The van der Waals surface area contributed by atoms with Crippen molar-refractivity contribution >= 4 is 28.4 Å². The molecule has 0 amide bonds. The number of nitrogens with zero attached hydrogens (tertiary/aromatic N) is 3. The van der Waals surface area contributed by atoms with Crippen LogP contribution < -0.4 is 5.32 Å². The minimum atomic E-state index is 0.676. The summed E-state index contributed by atoms with van der Waals surface area (Å²) in [6.07, 6.45) is 1.85. The van der Waals surface area contributed by atoms with Gasteiger partial charge in [0.25, 0.3) is 0 Å². The average molecular weight is 354 g/mol. The molecule has 0 bridgehead atoms. The Morgan fingerprint density at radius 3 is 2.50 bits per heavy atom. The minimum absolute atomic E-state index is 0.676. The molecule has 0 unspecified atom stereocenters. The summed E-state index contributed by atoms with van der Waals surface area (Å²) in [4.78, 5) is 13.5. The third-order valence-corrected chi connectivity index (χ3v) is 3.97. The van der Waals surface area contributed by atoms with E-state index in [1.54, 1.807) is 0 Å². The molecule has 2 aromatic heterocycles. The predicted molar refractivity (Wildman–Crippen MR) is 81.7 cm³/mol. The molecular weight excluding hydrogens is 339 g/mol. The van der Waals surface area contributed by atoms with Crippen LogP contribution in [0, 0.1) is 24.3 Å². The van der Waals surface area contributed by atoms with Crippen LogP contribution in [-0.2, 0) is 0 Å². The summed E-state index contributed by atoms with van der Waals surface area (Å²) in [6, 6.07) is 2.10. The second-order valence-corrected chi connectivity index (χ2v) is 5.30. The first kappa shape index (κ1) is 13.2. The monoisotopic (exact) mass is 354 g/mol. The van der Waals surface area contributed by atoms with E-state index in [4.69, 9.17) is 0 Å². The molecule has 0 saturated carbocycles. The number of aromatic nitrogens is 3. The minimum Gasteiger partial charge on any atom is -0.372 e. The summed E-state index contributed by atoms with van der Waals surface area (Å²) >= 11 is 2.25. The summed E-state index contributed by atoms with van der Waals surface area (Å²) < 4.78 is 1.05. The van der Waals surface area contributed by atoms with E-state index in [2.05, 4.69) is 48.9 Å². The van der Waals surface area contributed by atoms with Crippen molar-refractivity contribution in [2.75, 3.05) is 12.4 Å². The summed E-state index contributed by atoms with van der Waals surface area (Å²) in [5.41, 5.74) is 4.05. The zero-order valence-electron chi connectivity index (χ0n) is 10.9. The highest BCUT2D eigenvalue weighted by atomic mass is 127. The summed E-state index contributed by atoms with van der Waals surface area (Å²) in [7, 11) is 1.86. The van der Waals surface area contributed by atoms with Crippen molar-refractivity contribution in [3.8, 4) is 11.5 Å². The first-order valence-corrected chi connectivity index (χ1v) is 6.76. The fourth-order valence-corrected chi connectivity index (χ4v) is 2.29. The molecular formula is C13H15IN4. The lowest BCUT2D eigenvalue weighted by Crippen LogP contribution is -2.04. The van der Waals surface area contributed by atoms with Crippen molar-refractivity contribution in [1.82, 2.24) is 15.0 Å². The van der Waals surface area contributed by atoms with Crippen LogP contribution in [0.1, 0.15) is 16.8 Å². The van der Waals surface area contributed by atoms with Gasteiger partial charge in [-0.15, -0.1) is 0 Å². The van der Waals surface area contributed by atoms with E-state index in [1.807, 2.05) is 34.0 Å². The van der Waals surface area contributed by atoms with Gasteiger partial charge in [0.1, 0.15) is 11.5 Å². The lowest BCUT2D eigenvalue weighted by atomic mass is 10.1. The molecule has 2 rings (SSSR count). The highest BCUT2D eigenvalue weighted by Gasteiger charge is 2.12. The third-order valence-electron chi connectivity index (χ3n) is 2.68. The first-order valence-electron chi connectivity index (χ1n) is 5.68. The Bertz CT molecular complexity index is 596. The Labute approximate surface area is 120 Å². The fraction of sp³-hybridized carbons (Fsp3) is 0.308. The largest absolute Gasteiger partial charge is 0.372 e. The van der Waals surface area contributed by atoms with Gasteiger partial charge in [-0.25, -0.2) is 9.97 Å². The maximum atomic E-state index is 4.52. The van der Waals surface area contributed by atoms with Gasteiger partial charge in [0.2, 0.25) is 0 Å². The van der Waals surface area contributed by atoms with Crippen LogP contribution in [0.15, 0.2) is 12.3 Å². The van der Waals surface area contributed by atoms with Crippen LogP contribution in [0.5, 0.6) is 0 Å². The Kier molecular flexibility index (Phi) is 3.79. The van der Waals surface area contributed by atoms with Crippen molar-refractivity contribution in [3.63, 3.8) is 0 Å². The van der Waals surface area contributed by atoms with Crippen LogP contribution in [0.25, 0.3) is 11.5 Å². The van der Waals surface area contributed by atoms with E-state index in [-0.39, 0.29) is 0 Å². The molecule has 0 aliphatic rings. The molecule has 18 heavy (non-hydrogen) atoms. The molecule has 0 aliphatic carbocycles. The standard InChI is InChI=1S/C13H15IN4/c1-7-5-8(2)11(16-6-7)13-17-9(3)10(14)12(15-4)18-13/h5-6H,1-4H3,(H,15,17,18). The van der Waals surface area contributed by atoms with E-state index in [0.29, 0.717) is 5.82 Å². The zero-order chi connectivity index (χ0) is 13.3. The SMILES string of the molecule is CNc1nc(-c2ncc(C)cc2C)nc(C)c1I. The van der Waals surface area contributed by atoms with Crippen LogP contribution in [0.4, 0.5) is 5.82 Å². The summed E-state index contributed by atoms with van der Waals surface area (Å²) in [5.74, 6) is 1.52. The summed E-state index contributed by atoms with van der Waals surface area (Å²) in [6.45, 7) is 6.05. The molecule has 0 aromatic carbocycles. The van der Waals surface area contributed by atoms with Gasteiger partial charge in [0.15, 0.2) is 5.82 Å². The topological polar surface area (TPSA) is 50.7 Å². The molecule has 94 valence electrons. The molecule has 0 saturated heterocycles. The first-order chi connectivity index (χ1) is 8.52. The Hall–Kier alpha value is -1.24. The number of rotatable bonds is 2. The second-order valence-electron chi connectivity index (χ2n) is 4.22. The van der Waals surface area contributed by atoms with Crippen molar-refractivity contribution in [3.05, 3.63) is 32.7 Å². The fourth-order valence-electron chi connectivity index (χ4n) is 1.78. The molecule has 0 atom stereocenters. The molecule has 0 fully saturated rings. The maximum Gasteiger partial charge on any atom is 0.180 e. The van der Waals surface area contributed by atoms with Crippen molar-refractivity contribution in [2.24, 2.45) is 0 Å². The molecule has 0 aliphatic heterocycles. The van der Waals surface area contributed by atoms with Crippen molar-refractivity contribution < 1.29 is 0 Å². The van der Waals surface area contributed by atoms with Crippen LogP contribution in [0.3, 0.4) is 0 Å². The normalized spacial score (nSPS) is 10.5. The van der Waals surface area contributed by atoms with E-state index < -0.39 is 0 Å². The number of nitrogens with one attached hydrogen (secondary N) is 1. The van der Waals surface area contributed by atoms with Gasteiger partial charge in [-0.3, -0.25) is 4.98 Å². The highest BCUT2D eigenvalue weighted by Crippen LogP contribution is 2.24. The number of aryl methyl sites for hydroxylation is 3. The van der Waals surface area contributed by atoms with E-state index in [1.165, 1.54) is 0 Å². The zero-order valence-corrected chi connectivity index (χ0v) is 13.0. The summed E-state index contributed by atoms with van der Waals surface area (Å²) in [5, 5.41) is 3.09. The van der Waals surface area contributed by atoms with Crippen molar-refractivity contribution in [2.45, 2.75) is 20.8 Å². The van der Waals surface area contributed by atoms with Gasteiger partial charge in [-0.1, -0.05) is 6.07 Å². The number of anilines is 1. The maximum absolute atomic E-state index is 4.52. The highest BCUT2D eigenvalue weighted by molar-refractivity contribution is 14.1. The van der Waals surface area contributed by atoms with Crippen LogP contribution in [0.2, 0.25) is 0 Å². The lowest BCUT2D eigenvalue weighted by Gasteiger charge is -2.10. The van der Waals surface area contributed by atoms with Gasteiger partial charge in [-0.2, -0.15) is 0 Å². The number of hydrogen-bond acceptors (Lipinski definition) is 4. The molecule has 0 radical (unpaired) electrons. The quantitative estimate of drug-likeness (QED) is 0.842. The molecule has 5 heteroatoms. The van der Waals surface area contributed by atoms with Gasteiger partial charge < -0.3 is 5.32 Å². The Morgan fingerprint density at radius 2 is 1.89 bits per heavy atom. The van der Waals surface area contributed by atoms with E-state index in [9.17, 15) is 0 Å². The van der Waals surface area contributed by atoms with Crippen LogP contribution >= 0.6 is 22.6 Å². The van der Waals surface area contributed by atoms with E-state index >= 15 is 0 Å². The molecule has 0 spiro atoms. The van der Waals surface area contributed by atoms with Gasteiger partial charge in [-0.05, 0) is 54.5 Å². The average Bonchev–Trinajstić information content (AvgIpc) is 2.32. The van der Waals surface area contributed by atoms with Crippen molar-refractivity contribution in [1.29, 1.82) is 0 Å². The van der Waals surface area contributed by atoms with Gasteiger partial charge in [0, 0.05) is 13.2 Å². The number of halogens is 1. The van der Waals surface area contributed by atoms with E-state index in [0.717, 1.165) is 31.9 Å². The molecule has 4 nitrogen and oxygen atoms in total. The Morgan fingerprint density at radius 1 is 1.17 bits per heavy atom. The molecule has 1 N–H and O–H groups in total. The van der Waals surface area contributed by atoms with Crippen LogP contribution in [-0.4, -0.2) is 22.0 Å². The number of hydrogen-bond donors (Lipinski definition) is 1. The van der Waals surface area contributed by atoms with Gasteiger partial charge in [0.05, 0.1) is 9.26 Å². The van der Waals surface area contributed by atoms with Gasteiger partial charge >= 0.3 is 0 Å². The Balaban J connectivity index is 2.60. The number of pyridine rings is 1. The molecule has 2 aromatic rings. The smallest absolute Gasteiger partial charge is 0.180 e. The predicted octanol–water partition coefficient (Wildman–Crippen LogP) is 3.11. The molecule has 2 heterocycles. The second kappa shape index (κ2) is 5.17. The third kappa shape index (κ3) is 2.45. The lowest BCUT2D eigenvalue weighted by molar-refractivity contribution is 1.06.